The van der Waals surface area contributed by atoms with Crippen LogP contribution in [0.5, 0.6) is 0 Å². The molecule has 0 atom stereocenters. The Morgan fingerprint density at radius 1 is 0.292 bits per heavy atom. The van der Waals surface area contributed by atoms with Crippen LogP contribution in [-0.4, -0.2) is 0 Å². The van der Waals surface area contributed by atoms with Crippen LogP contribution in [-0.2, 0) is 5.41 Å². The summed E-state index contributed by atoms with van der Waals surface area (Å²) in [6.07, 6.45) is 0. The summed E-state index contributed by atoms with van der Waals surface area (Å²) in [4.78, 5) is 4.90. The summed E-state index contributed by atoms with van der Waals surface area (Å²) >= 11 is 0. The number of hydrogen-bond donors (Lipinski definition) is 0. The first-order valence-electron chi connectivity index (χ1n) is 22.7. The highest BCUT2D eigenvalue weighted by molar-refractivity contribution is 6.13. The smallest absolute Gasteiger partial charge is 0.0543 e. The van der Waals surface area contributed by atoms with E-state index in [1.165, 1.54) is 92.6 Å². The van der Waals surface area contributed by atoms with Gasteiger partial charge >= 0.3 is 0 Å². The van der Waals surface area contributed by atoms with E-state index in [4.69, 9.17) is 0 Å². The van der Waals surface area contributed by atoms with E-state index >= 15 is 0 Å². The Bertz CT molecular complexity index is 3740. The molecule has 0 amide bonds. The van der Waals surface area contributed by atoms with Crippen LogP contribution in [0.1, 0.15) is 25.0 Å². The van der Waals surface area contributed by atoms with Crippen molar-refractivity contribution in [3.8, 4) is 11.1 Å². The lowest BCUT2D eigenvalue weighted by Crippen LogP contribution is -2.17. The minimum absolute atomic E-state index is 0.292. The maximum absolute atomic E-state index is 2.50. The Balaban J connectivity index is 0.996. The molecule has 12 aromatic carbocycles. The van der Waals surface area contributed by atoms with Crippen molar-refractivity contribution in [2.75, 3.05) is 9.80 Å². The highest BCUT2D eigenvalue weighted by atomic mass is 15.1. The van der Waals surface area contributed by atoms with E-state index in [1.807, 2.05) is 0 Å². The monoisotopic (exact) mass is 828 g/mol. The van der Waals surface area contributed by atoms with E-state index in [0.717, 1.165) is 28.4 Å². The molecule has 1 aliphatic carbocycles. The van der Waals surface area contributed by atoms with E-state index in [9.17, 15) is 0 Å². The fourth-order valence-corrected chi connectivity index (χ4v) is 10.9. The van der Waals surface area contributed by atoms with Gasteiger partial charge in [0.05, 0.1) is 5.69 Å². The molecule has 2 nitrogen and oxygen atoms in total. The molecular weight excluding hydrogens is 785 g/mol. The van der Waals surface area contributed by atoms with Crippen LogP contribution in [0.4, 0.5) is 34.1 Å². The van der Waals surface area contributed by atoms with Crippen LogP contribution in [0.15, 0.2) is 231 Å². The van der Waals surface area contributed by atoms with Gasteiger partial charge in [-0.3, -0.25) is 0 Å². The zero-order chi connectivity index (χ0) is 43.2. The SMILES string of the molecule is CC1(C)c2cc(N(c3ccc4ccccc4c3)c3ccc4ccccc4c3)c3ccccc3c2-c2ccc3cc(N(c4ccc5ccccc5c4)c4ccc5ccccc5c4)ccc3c21. The standard InChI is InChI=1S/C63H44N2/c1-63(2)59-40-60(65(53-30-25-43-15-5-9-19-47(43)37-53)54-31-26-44-16-6-10-20-48(44)38-54)56-21-11-12-22-57(56)61(59)58-33-27-49-39-52(32-34-55(49)62(58)63)64(50-28-23-41-13-3-7-17-45(41)35-50)51-29-24-42-14-4-8-18-46(42)36-51/h3-40H,1-2H3. The fraction of sp³-hybridized carbons (Fsp3) is 0.0476. The molecular formula is C63H44N2. The molecule has 12 aromatic rings. The third-order valence-corrected chi connectivity index (χ3v) is 14.1. The Morgan fingerprint density at radius 3 is 1.14 bits per heavy atom. The minimum Gasteiger partial charge on any atom is -0.310 e. The molecule has 0 spiro atoms. The number of nitrogens with zero attached hydrogens (tertiary/aromatic N) is 2. The van der Waals surface area contributed by atoms with Crippen molar-refractivity contribution in [3.63, 3.8) is 0 Å². The maximum Gasteiger partial charge on any atom is 0.0543 e. The lowest BCUT2D eigenvalue weighted by atomic mass is 9.79. The van der Waals surface area contributed by atoms with Crippen LogP contribution in [0, 0.1) is 0 Å². The van der Waals surface area contributed by atoms with Crippen molar-refractivity contribution in [1.29, 1.82) is 0 Å². The molecule has 0 aliphatic heterocycles. The van der Waals surface area contributed by atoms with E-state index in [-0.39, 0.29) is 5.41 Å². The van der Waals surface area contributed by atoms with Crippen molar-refractivity contribution in [1.82, 2.24) is 0 Å². The van der Waals surface area contributed by atoms with Crippen LogP contribution in [0.2, 0.25) is 0 Å². The molecule has 0 radical (unpaired) electrons. The second kappa shape index (κ2) is 14.4. The van der Waals surface area contributed by atoms with Crippen molar-refractivity contribution < 1.29 is 0 Å². The average molecular weight is 829 g/mol. The molecule has 0 N–H and O–H groups in total. The van der Waals surface area contributed by atoms with E-state index < -0.39 is 0 Å². The Kier molecular flexibility index (Phi) is 8.29. The van der Waals surface area contributed by atoms with E-state index in [1.54, 1.807) is 0 Å². The number of rotatable bonds is 6. The largest absolute Gasteiger partial charge is 0.310 e. The first kappa shape index (κ1) is 37.4. The number of anilines is 6. The van der Waals surface area contributed by atoms with Gasteiger partial charge in [-0.25, -0.2) is 0 Å². The van der Waals surface area contributed by atoms with Gasteiger partial charge in [-0.05, 0) is 148 Å². The van der Waals surface area contributed by atoms with Gasteiger partial charge in [-0.2, -0.15) is 0 Å². The molecule has 0 bridgehead atoms. The number of hydrogen-bond acceptors (Lipinski definition) is 2. The zero-order valence-electron chi connectivity index (χ0n) is 36.3. The quantitative estimate of drug-likeness (QED) is 0.165. The molecule has 0 heterocycles. The van der Waals surface area contributed by atoms with Gasteiger partial charge in [0.2, 0.25) is 0 Å². The minimum atomic E-state index is -0.292. The number of benzene rings is 12. The van der Waals surface area contributed by atoms with Gasteiger partial charge in [-0.1, -0.05) is 178 Å². The molecule has 306 valence electrons. The lowest BCUT2D eigenvalue weighted by molar-refractivity contribution is 0.667. The predicted molar refractivity (Wildman–Crippen MR) is 278 cm³/mol. The van der Waals surface area contributed by atoms with Crippen LogP contribution < -0.4 is 9.80 Å². The van der Waals surface area contributed by atoms with Crippen LogP contribution in [0.25, 0.3) is 75.8 Å². The highest BCUT2D eigenvalue weighted by Gasteiger charge is 2.39. The predicted octanol–water partition coefficient (Wildman–Crippen LogP) is 17.9. The van der Waals surface area contributed by atoms with Gasteiger partial charge < -0.3 is 9.80 Å². The summed E-state index contributed by atoms with van der Waals surface area (Å²) in [6, 6.07) is 85.4. The zero-order valence-corrected chi connectivity index (χ0v) is 36.3. The first-order chi connectivity index (χ1) is 32.0. The first-order valence-corrected chi connectivity index (χ1v) is 22.7. The summed E-state index contributed by atoms with van der Waals surface area (Å²) < 4.78 is 0. The Hall–Kier alpha value is -8.20. The Labute approximate surface area is 378 Å². The highest BCUT2D eigenvalue weighted by Crippen LogP contribution is 2.57. The lowest BCUT2D eigenvalue weighted by Gasteiger charge is -2.30. The van der Waals surface area contributed by atoms with Gasteiger partial charge in [-0.15, -0.1) is 0 Å². The van der Waals surface area contributed by atoms with E-state index in [2.05, 4.69) is 254 Å². The Morgan fingerprint density at radius 2 is 0.662 bits per heavy atom. The fourth-order valence-electron chi connectivity index (χ4n) is 10.9. The van der Waals surface area contributed by atoms with Gasteiger partial charge in [0, 0.05) is 39.2 Å². The van der Waals surface area contributed by atoms with Crippen molar-refractivity contribution in [3.05, 3.63) is 242 Å². The summed E-state index contributed by atoms with van der Waals surface area (Å²) in [5.74, 6) is 0. The molecule has 1 aliphatic rings. The third-order valence-electron chi connectivity index (χ3n) is 14.1. The summed E-state index contributed by atoms with van der Waals surface area (Å²) in [7, 11) is 0. The topological polar surface area (TPSA) is 6.48 Å². The van der Waals surface area contributed by atoms with Gasteiger partial charge in [0.15, 0.2) is 0 Å². The van der Waals surface area contributed by atoms with Crippen molar-refractivity contribution in [2.24, 2.45) is 0 Å². The summed E-state index contributed by atoms with van der Waals surface area (Å²) in [6.45, 7) is 4.85. The normalized spacial score (nSPS) is 12.9. The molecule has 13 rings (SSSR count). The van der Waals surface area contributed by atoms with Gasteiger partial charge in [0.25, 0.3) is 0 Å². The number of fused-ring (bicyclic) bond motifs is 11. The molecule has 0 saturated carbocycles. The molecule has 0 unspecified atom stereocenters. The van der Waals surface area contributed by atoms with Gasteiger partial charge in [0.1, 0.15) is 0 Å². The summed E-state index contributed by atoms with van der Waals surface area (Å²) in [5.41, 5.74) is 11.9. The van der Waals surface area contributed by atoms with Crippen molar-refractivity contribution in [2.45, 2.75) is 19.3 Å². The third kappa shape index (κ3) is 5.95. The molecule has 65 heavy (non-hydrogen) atoms. The molecule has 0 aromatic heterocycles. The average Bonchev–Trinajstić information content (AvgIpc) is 3.59. The molecule has 0 fully saturated rings. The summed E-state index contributed by atoms with van der Waals surface area (Å²) in [5, 5.41) is 14.8. The molecule has 0 saturated heterocycles. The van der Waals surface area contributed by atoms with Crippen molar-refractivity contribution >= 4 is 98.8 Å². The second-order valence-corrected chi connectivity index (χ2v) is 18.2. The molecule has 2 heteroatoms. The van der Waals surface area contributed by atoms with E-state index in [0.29, 0.717) is 0 Å². The van der Waals surface area contributed by atoms with Crippen LogP contribution >= 0.6 is 0 Å². The second-order valence-electron chi connectivity index (χ2n) is 18.2. The van der Waals surface area contributed by atoms with Crippen LogP contribution in [0.3, 0.4) is 0 Å². The maximum atomic E-state index is 2.50.